The fourth-order valence-corrected chi connectivity index (χ4v) is 6.04. The Hall–Kier alpha value is -3.88. The van der Waals surface area contributed by atoms with Crippen LogP contribution in [0.4, 0.5) is 21.9 Å². The second-order valence-corrected chi connectivity index (χ2v) is 11.3. The summed E-state index contributed by atoms with van der Waals surface area (Å²) in [7, 11) is 3.82. The van der Waals surface area contributed by atoms with E-state index in [9.17, 15) is 14.4 Å². The Kier molecular flexibility index (Phi) is 7.59. The number of nitrogens with zero attached hydrogens (tertiary/aromatic N) is 4. The van der Waals surface area contributed by atoms with Gasteiger partial charge in [0.15, 0.2) is 0 Å². The molecule has 0 unspecified atom stereocenters. The molecule has 9 heteroatoms. The van der Waals surface area contributed by atoms with Crippen molar-refractivity contribution in [3.63, 3.8) is 0 Å². The zero-order valence-corrected chi connectivity index (χ0v) is 23.2. The number of benzene rings is 2. The van der Waals surface area contributed by atoms with Gasteiger partial charge in [-0.1, -0.05) is 24.3 Å². The van der Waals surface area contributed by atoms with Crippen molar-refractivity contribution in [3.05, 3.63) is 53.6 Å². The molecule has 4 amide bonds. The molecule has 2 aromatic rings. The fraction of sp³-hybridized carbons (Fsp3) is 0.467. The fourth-order valence-electron chi connectivity index (χ4n) is 6.04. The van der Waals surface area contributed by atoms with Crippen molar-refractivity contribution in [2.24, 2.45) is 16.8 Å². The predicted molar refractivity (Wildman–Crippen MR) is 154 cm³/mol. The third-order valence-corrected chi connectivity index (χ3v) is 8.09. The number of urea groups is 1. The average Bonchev–Trinajstić information content (AvgIpc) is 3.28. The Morgan fingerprint density at radius 1 is 1.00 bits per heavy atom. The topological polar surface area (TPSA) is 97.3 Å². The van der Waals surface area contributed by atoms with Gasteiger partial charge in [0.25, 0.3) is 5.91 Å². The Bertz CT molecular complexity index is 1280. The molecular weight excluding hydrogens is 492 g/mol. The quantitative estimate of drug-likeness (QED) is 0.610. The summed E-state index contributed by atoms with van der Waals surface area (Å²) in [6.45, 7) is 5.16. The highest BCUT2D eigenvalue weighted by Crippen LogP contribution is 2.37. The van der Waals surface area contributed by atoms with Gasteiger partial charge in [0.2, 0.25) is 12.1 Å². The van der Waals surface area contributed by atoms with Gasteiger partial charge in [-0.25, -0.2) is 4.79 Å². The van der Waals surface area contributed by atoms with Crippen LogP contribution in [0, 0.1) is 18.8 Å². The zero-order chi connectivity index (χ0) is 27.7. The van der Waals surface area contributed by atoms with Crippen LogP contribution in [-0.2, 0) is 9.59 Å². The normalized spacial score (nSPS) is 22.4. The summed E-state index contributed by atoms with van der Waals surface area (Å²) in [5.41, 5.74) is 4.46. The number of carbonyl (C=O) groups is 3. The number of amides is 4. The minimum absolute atomic E-state index is 0.0656. The zero-order valence-electron chi connectivity index (χ0n) is 23.2. The maximum absolute atomic E-state index is 14.1. The smallest absolute Gasteiger partial charge is 0.321 e. The van der Waals surface area contributed by atoms with Crippen LogP contribution >= 0.6 is 0 Å². The van der Waals surface area contributed by atoms with Crippen LogP contribution in [0.25, 0.3) is 0 Å². The molecule has 3 heterocycles. The molecular formula is C30H38N6O3. The monoisotopic (exact) mass is 530 g/mol. The molecule has 3 fully saturated rings. The number of hydrogen-bond donors (Lipinski definition) is 2. The highest BCUT2D eigenvalue weighted by molar-refractivity contribution is 6.16. The number of aliphatic imine (C=N–C) groups is 1. The molecule has 206 valence electrons. The summed E-state index contributed by atoms with van der Waals surface area (Å²) in [5.74, 6) is 0.557. The van der Waals surface area contributed by atoms with Crippen molar-refractivity contribution in [1.82, 2.24) is 10.2 Å². The van der Waals surface area contributed by atoms with Gasteiger partial charge in [0.05, 0.1) is 11.4 Å². The van der Waals surface area contributed by atoms with Crippen molar-refractivity contribution in [1.29, 1.82) is 0 Å². The Balaban J connectivity index is 1.45. The Morgan fingerprint density at radius 2 is 1.67 bits per heavy atom. The summed E-state index contributed by atoms with van der Waals surface area (Å²) in [6.07, 6.45) is 3.49. The van der Waals surface area contributed by atoms with E-state index in [1.807, 2.05) is 74.1 Å². The number of fused-ring (bicyclic) bond motifs is 5. The van der Waals surface area contributed by atoms with E-state index in [0.717, 1.165) is 29.9 Å². The molecule has 6 rings (SSSR count). The van der Waals surface area contributed by atoms with Gasteiger partial charge < -0.3 is 20.4 Å². The maximum atomic E-state index is 14.1. The van der Waals surface area contributed by atoms with E-state index in [-0.39, 0.29) is 12.5 Å². The molecule has 1 saturated carbocycles. The summed E-state index contributed by atoms with van der Waals surface area (Å²) in [5, 5.41) is 5.53. The van der Waals surface area contributed by atoms with E-state index in [1.54, 1.807) is 6.07 Å². The van der Waals surface area contributed by atoms with Gasteiger partial charge in [-0.05, 0) is 75.1 Å². The number of benzodiazepines with no additional fused rings is 1. The summed E-state index contributed by atoms with van der Waals surface area (Å²) in [6, 6.07) is 12.7. The van der Waals surface area contributed by atoms with E-state index in [0.29, 0.717) is 28.9 Å². The molecule has 1 atom stereocenters. The Morgan fingerprint density at radius 3 is 2.31 bits per heavy atom. The first kappa shape index (κ1) is 26.7. The van der Waals surface area contributed by atoms with Crippen molar-refractivity contribution < 1.29 is 14.4 Å². The molecule has 1 aliphatic carbocycles. The van der Waals surface area contributed by atoms with E-state index in [2.05, 4.69) is 15.6 Å². The van der Waals surface area contributed by atoms with Crippen molar-refractivity contribution in [2.75, 3.05) is 48.8 Å². The number of para-hydroxylation sites is 1. The molecule has 2 bridgehead atoms. The van der Waals surface area contributed by atoms with E-state index < -0.39 is 18.1 Å². The third-order valence-electron chi connectivity index (χ3n) is 8.09. The molecule has 0 spiro atoms. The van der Waals surface area contributed by atoms with Gasteiger partial charge in [-0.15, -0.1) is 0 Å². The first-order chi connectivity index (χ1) is 18.7. The van der Waals surface area contributed by atoms with Gasteiger partial charge in [-0.2, -0.15) is 0 Å². The molecule has 3 aliphatic heterocycles. The molecule has 9 nitrogen and oxygen atoms in total. The lowest BCUT2D eigenvalue weighted by Gasteiger charge is -2.31. The van der Waals surface area contributed by atoms with Crippen LogP contribution in [0.5, 0.6) is 0 Å². The van der Waals surface area contributed by atoms with E-state index in [1.165, 1.54) is 30.6 Å². The van der Waals surface area contributed by atoms with Crippen molar-refractivity contribution >= 4 is 40.6 Å². The molecule has 0 aromatic heterocycles. The van der Waals surface area contributed by atoms with E-state index in [4.69, 9.17) is 0 Å². The molecule has 2 saturated heterocycles. The molecule has 2 N–H and O–H groups in total. The number of nitrogens with one attached hydrogen (secondary N) is 2. The molecule has 2 aromatic carbocycles. The van der Waals surface area contributed by atoms with Crippen molar-refractivity contribution in [3.8, 4) is 0 Å². The predicted octanol–water partition coefficient (Wildman–Crippen LogP) is 4.01. The lowest BCUT2D eigenvalue weighted by atomic mass is 9.84. The van der Waals surface area contributed by atoms with Crippen LogP contribution in [0.3, 0.4) is 0 Å². The third kappa shape index (κ3) is 5.77. The second-order valence-electron chi connectivity index (χ2n) is 11.3. The number of carbonyl (C=O) groups excluding carboxylic acids is 3. The number of anilines is 3. The van der Waals surface area contributed by atoms with Gasteiger partial charge in [-0.3, -0.25) is 19.5 Å². The largest absolute Gasteiger partial charge is 0.376 e. The molecule has 0 radical (unpaired) electrons. The van der Waals surface area contributed by atoms with Gasteiger partial charge in [0, 0.05) is 44.1 Å². The van der Waals surface area contributed by atoms with Gasteiger partial charge >= 0.3 is 6.03 Å². The lowest BCUT2D eigenvalue weighted by Crippen LogP contribution is -2.52. The second kappa shape index (κ2) is 11.1. The van der Waals surface area contributed by atoms with Crippen molar-refractivity contribution in [2.45, 2.75) is 45.7 Å². The highest BCUT2D eigenvalue weighted by Gasteiger charge is 2.37. The first-order valence-electron chi connectivity index (χ1n) is 13.8. The Labute approximate surface area is 230 Å². The SMILES string of the molecule is CC1=N[C@@H](NC(=O)Nc2cccc(C)c2)C(=O)N(CC(=O)N2CC3CCC(CC3)C2)c2c1cccc2N(C)C. The number of rotatable bonds is 5. The summed E-state index contributed by atoms with van der Waals surface area (Å²) in [4.78, 5) is 50.8. The van der Waals surface area contributed by atoms with Crippen LogP contribution in [0.15, 0.2) is 47.5 Å². The molecule has 4 aliphatic rings. The first-order valence-corrected chi connectivity index (χ1v) is 13.8. The summed E-state index contributed by atoms with van der Waals surface area (Å²) < 4.78 is 0. The average molecular weight is 531 g/mol. The maximum Gasteiger partial charge on any atom is 0.321 e. The summed E-state index contributed by atoms with van der Waals surface area (Å²) >= 11 is 0. The van der Waals surface area contributed by atoms with Crippen LogP contribution in [0.1, 0.15) is 43.7 Å². The van der Waals surface area contributed by atoms with Crippen LogP contribution < -0.4 is 20.4 Å². The number of aryl methyl sites for hydroxylation is 1. The highest BCUT2D eigenvalue weighted by atomic mass is 16.2. The van der Waals surface area contributed by atoms with E-state index >= 15 is 0 Å². The standard InChI is InChI=1S/C30H38N6O3/c1-19-7-5-8-23(15-19)32-30(39)33-28-29(38)36(18-26(37)35-16-21-11-12-22(17-35)14-13-21)27-24(20(2)31-28)9-6-10-25(27)34(3)4/h5-10,15,21-22,28H,11-14,16-18H2,1-4H3,(H2,32,33,39)/t21?,22?,28-/m0/s1. The van der Waals surface area contributed by atoms with Gasteiger partial charge in [0.1, 0.15) is 6.54 Å². The lowest BCUT2D eigenvalue weighted by molar-refractivity contribution is -0.132. The van der Waals surface area contributed by atoms with Crippen LogP contribution in [-0.4, -0.2) is 68.4 Å². The number of hydrogen-bond acceptors (Lipinski definition) is 5. The minimum Gasteiger partial charge on any atom is -0.376 e. The molecule has 39 heavy (non-hydrogen) atoms. The minimum atomic E-state index is -1.18. The van der Waals surface area contributed by atoms with Crippen LogP contribution in [0.2, 0.25) is 0 Å².